The van der Waals surface area contributed by atoms with Gasteiger partial charge in [-0.3, -0.25) is 0 Å². The lowest BCUT2D eigenvalue weighted by Gasteiger charge is -2.37. The summed E-state index contributed by atoms with van der Waals surface area (Å²) in [5, 5.41) is 0.717. The summed E-state index contributed by atoms with van der Waals surface area (Å²) in [4.78, 5) is 2.29. The second-order valence-corrected chi connectivity index (χ2v) is 13.2. The fourth-order valence-corrected chi connectivity index (χ4v) is 6.90. The van der Waals surface area contributed by atoms with Crippen LogP contribution in [0.1, 0.15) is 24.2 Å². The fourth-order valence-electron chi connectivity index (χ4n) is 4.34. The molecule has 0 radical (unpaired) electrons. The second kappa shape index (κ2) is 10.8. The van der Waals surface area contributed by atoms with Crippen LogP contribution in [0.4, 0.5) is 0 Å². The summed E-state index contributed by atoms with van der Waals surface area (Å²) in [6, 6.07) is 16.6. The first-order valence-electron chi connectivity index (χ1n) is 11.4. The number of sulfone groups is 1. The van der Waals surface area contributed by atoms with Crippen LogP contribution in [-0.2, 0) is 32.8 Å². The van der Waals surface area contributed by atoms with Gasteiger partial charge in [0.2, 0.25) is 10.0 Å². The molecule has 0 aliphatic carbocycles. The lowest BCUT2D eigenvalue weighted by atomic mass is 10.0. The third kappa shape index (κ3) is 6.54. The number of benzene rings is 2. The van der Waals surface area contributed by atoms with Gasteiger partial charge in [0.05, 0.1) is 22.6 Å². The van der Waals surface area contributed by atoms with E-state index in [0.29, 0.717) is 18.6 Å². The van der Waals surface area contributed by atoms with E-state index in [9.17, 15) is 16.8 Å². The Morgan fingerprint density at radius 2 is 1.66 bits per heavy atom. The second-order valence-electron chi connectivity index (χ2n) is 8.83. The van der Waals surface area contributed by atoms with E-state index in [1.807, 2.05) is 24.3 Å². The van der Waals surface area contributed by atoms with Crippen molar-refractivity contribution >= 4 is 31.5 Å². The van der Waals surface area contributed by atoms with E-state index in [1.165, 1.54) is 40.4 Å². The molecule has 0 saturated carbocycles. The van der Waals surface area contributed by atoms with Crippen LogP contribution in [0.5, 0.6) is 0 Å². The average molecular weight is 537 g/mol. The Kier molecular flexibility index (Phi) is 8.02. The van der Waals surface area contributed by atoms with Gasteiger partial charge in [0.25, 0.3) is 0 Å². The van der Waals surface area contributed by atoms with E-state index in [-0.39, 0.29) is 22.4 Å². The van der Waals surface area contributed by atoms with Gasteiger partial charge in [-0.1, -0.05) is 29.8 Å². The Hall–Kier alpha value is -2.17. The molecule has 1 aromatic heterocycles. The van der Waals surface area contributed by atoms with Gasteiger partial charge in [0.1, 0.15) is 5.76 Å². The number of sulfonamides is 1. The zero-order chi connectivity index (χ0) is 25.1. The van der Waals surface area contributed by atoms with Gasteiger partial charge in [0.15, 0.2) is 9.84 Å². The lowest BCUT2D eigenvalue weighted by Crippen LogP contribution is -2.47. The molecule has 0 bridgehead atoms. The highest BCUT2D eigenvalue weighted by Crippen LogP contribution is 2.28. The van der Waals surface area contributed by atoms with E-state index in [0.717, 1.165) is 37.3 Å². The van der Waals surface area contributed by atoms with E-state index in [4.69, 9.17) is 16.0 Å². The summed E-state index contributed by atoms with van der Waals surface area (Å²) in [6.45, 7) is 2.52. The van der Waals surface area contributed by atoms with Crippen molar-refractivity contribution in [1.29, 1.82) is 0 Å². The molecule has 1 aliphatic heterocycles. The van der Waals surface area contributed by atoms with Crippen molar-refractivity contribution in [2.24, 2.45) is 0 Å². The first-order valence-corrected chi connectivity index (χ1v) is 15.1. The average Bonchev–Trinajstić information content (AvgIpc) is 3.36. The fraction of sp³-hybridized carbons (Fsp3) is 0.360. The SMILES string of the molecule is CS(=O)(=O)c1cccc(S(=O)(=O)N(Cc2ccco2)C2CCN(CCc3ccc(Cl)cc3)CC2)c1. The maximum absolute atomic E-state index is 13.7. The molecule has 0 unspecified atom stereocenters. The summed E-state index contributed by atoms with van der Waals surface area (Å²) < 4.78 is 58.4. The normalized spacial score (nSPS) is 16.1. The van der Waals surface area contributed by atoms with Crippen molar-refractivity contribution < 1.29 is 21.3 Å². The number of likely N-dealkylation sites (tertiary alicyclic amines) is 1. The smallest absolute Gasteiger partial charge is 0.243 e. The Labute approximate surface area is 212 Å². The van der Waals surface area contributed by atoms with Crippen LogP contribution in [0, 0.1) is 0 Å². The largest absolute Gasteiger partial charge is 0.468 e. The molecule has 3 aromatic rings. The van der Waals surface area contributed by atoms with Crippen molar-refractivity contribution in [3.63, 3.8) is 0 Å². The number of halogens is 1. The number of hydrogen-bond donors (Lipinski definition) is 0. The molecule has 0 N–H and O–H groups in total. The molecular formula is C25H29ClN2O5S2. The molecule has 0 atom stereocenters. The lowest BCUT2D eigenvalue weighted by molar-refractivity contribution is 0.153. The Balaban J connectivity index is 1.50. The molecule has 1 aliphatic rings. The van der Waals surface area contributed by atoms with Crippen LogP contribution in [0.15, 0.2) is 81.1 Å². The highest BCUT2D eigenvalue weighted by Gasteiger charge is 2.35. The van der Waals surface area contributed by atoms with E-state index < -0.39 is 19.9 Å². The minimum atomic E-state index is -3.96. The molecule has 10 heteroatoms. The number of nitrogens with zero attached hydrogens (tertiary/aromatic N) is 2. The first-order chi connectivity index (χ1) is 16.6. The predicted molar refractivity (Wildman–Crippen MR) is 136 cm³/mol. The minimum Gasteiger partial charge on any atom is -0.468 e. The molecule has 188 valence electrons. The monoisotopic (exact) mass is 536 g/mol. The molecular weight excluding hydrogens is 508 g/mol. The van der Waals surface area contributed by atoms with Gasteiger partial charge in [-0.2, -0.15) is 4.31 Å². The van der Waals surface area contributed by atoms with Crippen LogP contribution in [0.25, 0.3) is 0 Å². The summed E-state index contributed by atoms with van der Waals surface area (Å²) in [5.41, 5.74) is 1.21. The quantitative estimate of drug-likeness (QED) is 0.406. The van der Waals surface area contributed by atoms with Crippen LogP contribution in [-0.4, -0.2) is 58.0 Å². The Bertz CT molecular complexity index is 1330. The highest BCUT2D eigenvalue weighted by atomic mass is 35.5. The number of rotatable bonds is 9. The molecule has 4 rings (SSSR count). The van der Waals surface area contributed by atoms with Gasteiger partial charge in [-0.05, 0) is 80.4 Å². The predicted octanol–water partition coefficient (Wildman–Crippen LogP) is 4.23. The molecule has 35 heavy (non-hydrogen) atoms. The highest BCUT2D eigenvalue weighted by molar-refractivity contribution is 7.91. The van der Waals surface area contributed by atoms with Gasteiger partial charge >= 0.3 is 0 Å². The van der Waals surface area contributed by atoms with Gasteiger partial charge in [-0.15, -0.1) is 0 Å². The molecule has 1 saturated heterocycles. The summed E-state index contributed by atoms with van der Waals surface area (Å²) in [5.74, 6) is 0.540. The summed E-state index contributed by atoms with van der Waals surface area (Å²) in [7, 11) is -7.50. The first kappa shape index (κ1) is 25.9. The van der Waals surface area contributed by atoms with E-state index in [1.54, 1.807) is 12.1 Å². The van der Waals surface area contributed by atoms with Crippen molar-refractivity contribution in [2.75, 3.05) is 25.9 Å². The molecule has 2 aromatic carbocycles. The summed E-state index contributed by atoms with van der Waals surface area (Å²) in [6.07, 6.45) is 4.83. The van der Waals surface area contributed by atoms with Crippen LogP contribution in [0.3, 0.4) is 0 Å². The van der Waals surface area contributed by atoms with E-state index >= 15 is 0 Å². The molecule has 0 spiro atoms. The third-order valence-electron chi connectivity index (χ3n) is 6.33. The van der Waals surface area contributed by atoms with E-state index in [2.05, 4.69) is 4.90 Å². The van der Waals surface area contributed by atoms with Crippen LogP contribution >= 0.6 is 11.6 Å². The maximum Gasteiger partial charge on any atom is 0.243 e. The topological polar surface area (TPSA) is 87.9 Å². The van der Waals surface area contributed by atoms with Gasteiger partial charge < -0.3 is 9.32 Å². The zero-order valence-electron chi connectivity index (χ0n) is 19.5. The molecule has 7 nitrogen and oxygen atoms in total. The standard InChI is InChI=1S/C25H29ClN2O5S2/c1-34(29,30)24-5-2-6-25(18-24)35(31,32)28(19-23-4-3-17-33-23)22-12-15-27(16-13-22)14-11-20-7-9-21(26)10-8-20/h2-10,17-18,22H,11-16,19H2,1H3. The molecule has 2 heterocycles. The third-order valence-corrected chi connectivity index (χ3v) is 9.58. The number of hydrogen-bond acceptors (Lipinski definition) is 6. The zero-order valence-corrected chi connectivity index (χ0v) is 21.9. The van der Waals surface area contributed by atoms with Crippen LogP contribution in [0.2, 0.25) is 5.02 Å². The Morgan fingerprint density at radius 1 is 0.971 bits per heavy atom. The number of piperidine rings is 1. The van der Waals surface area contributed by atoms with Gasteiger partial charge in [-0.25, -0.2) is 16.8 Å². The van der Waals surface area contributed by atoms with Crippen molar-refractivity contribution in [3.05, 3.63) is 83.3 Å². The van der Waals surface area contributed by atoms with Crippen molar-refractivity contribution in [3.8, 4) is 0 Å². The van der Waals surface area contributed by atoms with Crippen LogP contribution < -0.4 is 0 Å². The Morgan fingerprint density at radius 3 is 2.29 bits per heavy atom. The van der Waals surface area contributed by atoms with Crippen molar-refractivity contribution in [2.45, 2.75) is 41.6 Å². The molecule has 1 fully saturated rings. The number of furan rings is 1. The molecule has 0 amide bonds. The van der Waals surface area contributed by atoms with Gasteiger partial charge in [0, 0.05) is 23.9 Å². The maximum atomic E-state index is 13.7. The minimum absolute atomic E-state index is 0.0199. The van der Waals surface area contributed by atoms with Crippen molar-refractivity contribution in [1.82, 2.24) is 9.21 Å². The summed E-state index contributed by atoms with van der Waals surface area (Å²) >= 11 is 5.97.